The topological polar surface area (TPSA) is 272 Å². The second kappa shape index (κ2) is 19.1. The van der Waals surface area contributed by atoms with Crippen LogP contribution < -0.4 is 11.7 Å². The predicted octanol–water partition coefficient (Wildman–Crippen LogP) is -0.00390. The van der Waals surface area contributed by atoms with E-state index in [0.29, 0.717) is 20.6 Å². The molecule has 4 heterocycles. The fourth-order valence-corrected chi connectivity index (χ4v) is 2.55. The lowest BCUT2D eigenvalue weighted by atomic mass is 10.3. The van der Waals surface area contributed by atoms with Gasteiger partial charge >= 0.3 is 0 Å². The van der Waals surface area contributed by atoms with Crippen molar-refractivity contribution < 1.29 is 19.9 Å². The van der Waals surface area contributed by atoms with Gasteiger partial charge < -0.3 is 0 Å². The fourth-order valence-electron chi connectivity index (χ4n) is 2.55. The summed E-state index contributed by atoms with van der Waals surface area (Å²) in [5, 5.41) is 37.2. The smallest absolute Gasteiger partial charge is 0.212 e. The Kier molecular flexibility index (Phi) is 15.4. The average Bonchev–Trinajstić information content (AvgIpc) is 3.02. The largest absolute Gasteiger partial charge is 0.298 e. The summed E-state index contributed by atoms with van der Waals surface area (Å²) >= 11 is 0. The van der Waals surface area contributed by atoms with Crippen LogP contribution in [0.4, 0.5) is 0 Å². The number of carbonyl (C=O) groups is 1. The standard InChI is InChI=1S/C12H10N4.C6H5NO.C3H6N6O6.H4N2/c1-2-12(8-14-5-1)10-16-15-9-11-3-6-13-7-4-11;8-5-6-1-3-7-4-2-6;10-7(11)4-1-5(8(12)13)3-6(2-4)9(14)15;1-2/h1-10H;1-5H;1-3H2;1-2H2/b15-9+,16-10+;;;. The SMILES string of the molecule is C(=N\N=C\c1cccnc1)/c1ccncc1.NN.O=Cc1ccncc1.O=[N+]([O-])N1CN([N+](=O)[O-])CN([N+](=O)[O-])C1. The van der Waals surface area contributed by atoms with Crippen molar-refractivity contribution in [2.75, 3.05) is 20.0 Å². The van der Waals surface area contributed by atoms with Gasteiger partial charge in [0.25, 0.3) is 0 Å². The molecule has 4 N–H and O–H groups in total. The number of nitro groups is 3. The summed E-state index contributed by atoms with van der Waals surface area (Å²) < 4.78 is 0. The van der Waals surface area contributed by atoms with E-state index in [1.165, 1.54) is 0 Å². The number of nitrogens with two attached hydrogens (primary N) is 2. The number of carbonyl (C=O) groups excluding carboxylic acids is 1. The Morgan fingerprint density at radius 2 is 1.07 bits per heavy atom. The fraction of sp³-hybridized carbons (Fsp3) is 0.143. The summed E-state index contributed by atoms with van der Waals surface area (Å²) in [5.74, 6) is 8.00. The van der Waals surface area contributed by atoms with E-state index in [0.717, 1.165) is 17.4 Å². The molecular weight excluding hydrogens is 546 g/mol. The summed E-state index contributed by atoms with van der Waals surface area (Å²) in [7, 11) is 0. The molecule has 0 aliphatic carbocycles. The molecule has 3 aromatic rings. The minimum Gasteiger partial charge on any atom is -0.298 e. The summed E-state index contributed by atoms with van der Waals surface area (Å²) in [4.78, 5) is 52.6. The third-order valence-electron chi connectivity index (χ3n) is 4.39. The zero-order valence-corrected chi connectivity index (χ0v) is 21.2. The molecule has 0 atom stereocenters. The maximum atomic E-state index is 10.3. The summed E-state index contributed by atoms with van der Waals surface area (Å²) in [5.41, 5.74) is 2.56. The van der Waals surface area contributed by atoms with E-state index in [-0.39, 0.29) is 0 Å². The Hall–Kier alpha value is -6.02. The monoisotopic (exact) mass is 571 g/mol. The number of aromatic nitrogens is 3. The molecule has 1 fully saturated rings. The van der Waals surface area contributed by atoms with Crippen molar-refractivity contribution in [2.24, 2.45) is 21.9 Å². The first-order chi connectivity index (χ1) is 19.8. The first-order valence-corrected chi connectivity index (χ1v) is 11.0. The van der Waals surface area contributed by atoms with Gasteiger partial charge in [0.2, 0.25) is 20.0 Å². The summed E-state index contributed by atoms with van der Waals surface area (Å²) in [6.45, 7) is -1.78. The highest BCUT2D eigenvalue weighted by atomic mass is 16.7. The molecule has 0 amide bonds. The Balaban J connectivity index is 0.000000313. The van der Waals surface area contributed by atoms with E-state index >= 15 is 0 Å². The van der Waals surface area contributed by atoms with Crippen molar-refractivity contribution in [3.05, 3.63) is 121 Å². The molecular formula is C21H25N13O7. The molecule has 0 aromatic carbocycles. The number of hydrogen-bond acceptors (Lipinski definition) is 14. The normalized spacial score (nSPS) is 12.2. The third-order valence-corrected chi connectivity index (χ3v) is 4.39. The Labute approximate surface area is 231 Å². The van der Waals surface area contributed by atoms with Crippen molar-refractivity contribution in [2.45, 2.75) is 0 Å². The number of aldehydes is 1. The van der Waals surface area contributed by atoms with Crippen LogP contribution in [0.5, 0.6) is 0 Å². The molecule has 20 heteroatoms. The van der Waals surface area contributed by atoms with E-state index in [1.807, 2.05) is 24.3 Å². The van der Waals surface area contributed by atoms with Crippen LogP contribution in [0.1, 0.15) is 21.5 Å². The van der Waals surface area contributed by atoms with Crippen molar-refractivity contribution in [1.29, 1.82) is 0 Å². The lowest BCUT2D eigenvalue weighted by Gasteiger charge is -2.27. The minimum absolute atomic E-state index is 0.370. The Bertz CT molecular complexity index is 1170. The molecule has 0 bridgehead atoms. The number of nitrogens with zero attached hydrogens (tertiary/aromatic N) is 11. The third kappa shape index (κ3) is 13.4. The number of rotatable bonds is 7. The highest BCUT2D eigenvalue weighted by Crippen LogP contribution is 2.07. The molecule has 41 heavy (non-hydrogen) atoms. The molecule has 1 saturated heterocycles. The number of hydrogen-bond donors (Lipinski definition) is 2. The van der Waals surface area contributed by atoms with Crippen LogP contribution >= 0.6 is 0 Å². The second-order valence-electron chi connectivity index (χ2n) is 7.11. The van der Waals surface area contributed by atoms with Crippen molar-refractivity contribution in [3.63, 3.8) is 0 Å². The highest BCUT2D eigenvalue weighted by Gasteiger charge is 2.39. The first kappa shape index (κ1) is 33.0. The first-order valence-electron chi connectivity index (χ1n) is 11.0. The van der Waals surface area contributed by atoms with Gasteiger partial charge in [-0.25, -0.2) is 30.3 Å². The molecule has 216 valence electrons. The van der Waals surface area contributed by atoms with Crippen LogP contribution in [0.25, 0.3) is 0 Å². The van der Waals surface area contributed by atoms with Gasteiger partial charge in [0, 0.05) is 48.3 Å². The van der Waals surface area contributed by atoms with Gasteiger partial charge in [0.1, 0.15) is 6.29 Å². The van der Waals surface area contributed by atoms with E-state index in [1.54, 1.807) is 61.7 Å². The lowest BCUT2D eigenvalue weighted by Crippen LogP contribution is -2.59. The van der Waals surface area contributed by atoms with Gasteiger partial charge in [-0.15, -0.1) is 0 Å². The second-order valence-corrected chi connectivity index (χ2v) is 7.11. The van der Waals surface area contributed by atoms with Crippen LogP contribution in [-0.4, -0.2) is 83.8 Å². The van der Waals surface area contributed by atoms with E-state index in [4.69, 9.17) is 0 Å². The molecule has 3 aromatic heterocycles. The minimum atomic E-state index is -0.924. The van der Waals surface area contributed by atoms with Gasteiger partial charge in [-0.1, -0.05) is 21.1 Å². The quantitative estimate of drug-likeness (QED) is 0.124. The molecule has 1 aliphatic rings. The van der Waals surface area contributed by atoms with Crippen molar-refractivity contribution in [1.82, 2.24) is 30.0 Å². The molecule has 0 unspecified atom stereocenters. The molecule has 0 radical (unpaired) electrons. The van der Waals surface area contributed by atoms with Gasteiger partial charge in [-0.05, 0) is 35.9 Å². The van der Waals surface area contributed by atoms with Crippen molar-refractivity contribution >= 4 is 18.7 Å². The molecule has 4 rings (SSSR count). The van der Waals surface area contributed by atoms with Gasteiger partial charge in [0.05, 0.1) is 12.4 Å². The molecule has 20 nitrogen and oxygen atoms in total. The number of hydrazine groups is 4. The molecule has 0 saturated carbocycles. The van der Waals surface area contributed by atoms with Crippen LogP contribution in [0.2, 0.25) is 0 Å². The molecule has 0 spiro atoms. The highest BCUT2D eigenvalue weighted by molar-refractivity contribution is 5.82. The van der Waals surface area contributed by atoms with E-state index in [9.17, 15) is 35.1 Å². The predicted molar refractivity (Wildman–Crippen MR) is 143 cm³/mol. The maximum absolute atomic E-state index is 10.3. The Morgan fingerprint density at radius 1 is 0.659 bits per heavy atom. The Morgan fingerprint density at radius 3 is 1.41 bits per heavy atom. The van der Waals surface area contributed by atoms with Gasteiger partial charge in [-0.3, -0.25) is 31.4 Å². The number of pyridine rings is 3. The van der Waals surface area contributed by atoms with Crippen LogP contribution in [0, 0.1) is 30.3 Å². The zero-order valence-electron chi connectivity index (χ0n) is 21.2. The van der Waals surface area contributed by atoms with Crippen LogP contribution in [0.3, 0.4) is 0 Å². The zero-order chi connectivity index (χ0) is 30.5. The van der Waals surface area contributed by atoms with Crippen molar-refractivity contribution in [3.8, 4) is 0 Å². The maximum Gasteiger partial charge on any atom is 0.212 e. The van der Waals surface area contributed by atoms with Gasteiger partial charge in [0.15, 0.2) is 15.1 Å². The van der Waals surface area contributed by atoms with Crippen LogP contribution in [-0.2, 0) is 0 Å². The average molecular weight is 572 g/mol. The summed E-state index contributed by atoms with van der Waals surface area (Å²) in [6.07, 6.45) is 14.2. The van der Waals surface area contributed by atoms with Crippen LogP contribution in [0.15, 0.2) is 83.8 Å². The summed E-state index contributed by atoms with van der Waals surface area (Å²) in [6, 6.07) is 10.8. The lowest BCUT2D eigenvalue weighted by molar-refractivity contribution is -0.775. The van der Waals surface area contributed by atoms with Gasteiger partial charge in [-0.2, -0.15) is 10.2 Å². The van der Waals surface area contributed by atoms with E-state index in [2.05, 4.69) is 36.8 Å². The van der Waals surface area contributed by atoms with E-state index < -0.39 is 35.1 Å². The molecule has 1 aliphatic heterocycles.